The van der Waals surface area contributed by atoms with E-state index < -0.39 is 20.1 Å². The lowest BCUT2D eigenvalue weighted by atomic mass is 10.1. The van der Waals surface area contributed by atoms with Gasteiger partial charge in [0.2, 0.25) is 0 Å². The van der Waals surface area contributed by atoms with Crippen molar-refractivity contribution in [3.05, 3.63) is 107 Å². The fourth-order valence-corrected chi connectivity index (χ4v) is 6.71. The first-order valence-corrected chi connectivity index (χ1v) is 14.1. The standard InChI is InChI=1S/C27H22N2O6S2/c1-17-7-3-5-9-25(17)29(26-10-6-4-8-18(26)2)36(31,32)19-11-13-21-22-14-12-20(37(33,34)35)16-24(22)27(28-30)23(21)15-19/h3-16,30H,1-2H3,(H,33,34,35)/b28-27-. The van der Waals surface area contributed by atoms with Crippen LogP contribution >= 0.6 is 0 Å². The van der Waals surface area contributed by atoms with Gasteiger partial charge >= 0.3 is 0 Å². The summed E-state index contributed by atoms with van der Waals surface area (Å²) < 4.78 is 62.5. The highest BCUT2D eigenvalue weighted by Gasteiger charge is 2.33. The number of oxime groups is 1. The Bertz CT molecular complexity index is 1770. The average Bonchev–Trinajstić information content (AvgIpc) is 3.18. The minimum absolute atomic E-state index is 0.00545. The lowest BCUT2D eigenvalue weighted by molar-refractivity contribution is 0.320. The molecule has 0 fully saturated rings. The summed E-state index contributed by atoms with van der Waals surface area (Å²) in [5, 5.41) is 13.1. The van der Waals surface area contributed by atoms with Crippen molar-refractivity contribution < 1.29 is 26.6 Å². The summed E-state index contributed by atoms with van der Waals surface area (Å²) in [5.41, 5.74) is 4.22. The highest BCUT2D eigenvalue weighted by molar-refractivity contribution is 7.93. The first kappa shape index (κ1) is 24.7. The molecule has 10 heteroatoms. The third-order valence-electron chi connectivity index (χ3n) is 6.39. The maximum atomic E-state index is 14.2. The number of hydrogen-bond acceptors (Lipinski definition) is 6. The molecule has 0 amide bonds. The maximum Gasteiger partial charge on any atom is 0.294 e. The van der Waals surface area contributed by atoms with Crippen LogP contribution in [0.15, 0.2) is 99.9 Å². The number of hydrogen-bond donors (Lipinski definition) is 2. The van der Waals surface area contributed by atoms with Gasteiger partial charge < -0.3 is 5.21 Å². The maximum absolute atomic E-state index is 14.2. The molecule has 5 rings (SSSR count). The summed E-state index contributed by atoms with van der Waals surface area (Å²) in [7, 11) is -8.66. The van der Waals surface area contributed by atoms with Crippen molar-refractivity contribution in [2.24, 2.45) is 5.16 Å². The summed E-state index contributed by atoms with van der Waals surface area (Å²) in [6.45, 7) is 3.66. The number of aryl methyl sites for hydroxylation is 2. The Kier molecular flexibility index (Phi) is 5.90. The molecule has 0 bridgehead atoms. The van der Waals surface area contributed by atoms with E-state index in [1.165, 1.54) is 34.6 Å². The molecule has 4 aromatic rings. The van der Waals surface area contributed by atoms with E-state index in [0.717, 1.165) is 11.1 Å². The van der Waals surface area contributed by atoms with E-state index in [1.807, 2.05) is 38.1 Å². The van der Waals surface area contributed by atoms with E-state index in [-0.39, 0.29) is 21.1 Å². The molecule has 0 saturated carbocycles. The van der Waals surface area contributed by atoms with Gasteiger partial charge in [-0.15, -0.1) is 0 Å². The second-order valence-corrected chi connectivity index (χ2v) is 11.9. The number of benzene rings is 4. The fourth-order valence-electron chi connectivity index (χ4n) is 4.56. The van der Waals surface area contributed by atoms with Crippen molar-refractivity contribution in [2.45, 2.75) is 23.6 Å². The van der Waals surface area contributed by atoms with Gasteiger partial charge in [0, 0.05) is 11.1 Å². The minimum atomic E-state index is -4.49. The number of nitrogens with zero attached hydrogens (tertiary/aromatic N) is 2. The van der Waals surface area contributed by atoms with Crippen LogP contribution in [-0.4, -0.2) is 32.3 Å². The van der Waals surface area contributed by atoms with Crippen molar-refractivity contribution in [1.29, 1.82) is 0 Å². The van der Waals surface area contributed by atoms with Crippen LogP contribution in [0.4, 0.5) is 11.4 Å². The van der Waals surface area contributed by atoms with E-state index in [4.69, 9.17) is 0 Å². The van der Waals surface area contributed by atoms with Crippen LogP contribution in [0.3, 0.4) is 0 Å². The highest BCUT2D eigenvalue weighted by Crippen LogP contribution is 2.41. The second-order valence-electron chi connectivity index (χ2n) is 8.68. The van der Waals surface area contributed by atoms with Gasteiger partial charge in [-0.25, -0.2) is 12.7 Å². The molecule has 0 aromatic heterocycles. The van der Waals surface area contributed by atoms with E-state index in [9.17, 15) is 26.6 Å². The van der Waals surface area contributed by atoms with Crippen LogP contribution in [0.25, 0.3) is 11.1 Å². The van der Waals surface area contributed by atoms with Crippen LogP contribution in [0.5, 0.6) is 0 Å². The van der Waals surface area contributed by atoms with Crippen LogP contribution in [0.1, 0.15) is 22.3 Å². The van der Waals surface area contributed by atoms with Gasteiger partial charge in [0.1, 0.15) is 5.71 Å². The van der Waals surface area contributed by atoms with Crippen molar-refractivity contribution in [1.82, 2.24) is 0 Å². The van der Waals surface area contributed by atoms with Gasteiger partial charge in [-0.05, 0) is 72.5 Å². The summed E-state index contributed by atoms with van der Waals surface area (Å²) >= 11 is 0. The third kappa shape index (κ3) is 4.08. The number of rotatable bonds is 5. The molecule has 1 aliphatic carbocycles. The summed E-state index contributed by atoms with van der Waals surface area (Å²) in [6, 6.07) is 22.7. The van der Waals surface area contributed by atoms with Crippen molar-refractivity contribution in [3.8, 4) is 11.1 Å². The van der Waals surface area contributed by atoms with Crippen LogP contribution in [0.2, 0.25) is 0 Å². The van der Waals surface area contributed by atoms with E-state index in [0.29, 0.717) is 28.1 Å². The van der Waals surface area contributed by atoms with Gasteiger partial charge in [0.15, 0.2) is 0 Å². The van der Waals surface area contributed by atoms with Crippen molar-refractivity contribution in [2.75, 3.05) is 4.31 Å². The molecule has 2 N–H and O–H groups in total. The first-order valence-electron chi connectivity index (χ1n) is 11.2. The smallest absolute Gasteiger partial charge is 0.294 e. The van der Waals surface area contributed by atoms with Crippen LogP contribution < -0.4 is 4.31 Å². The molecule has 0 aliphatic heterocycles. The zero-order valence-corrected chi connectivity index (χ0v) is 21.5. The van der Waals surface area contributed by atoms with Crippen molar-refractivity contribution >= 4 is 37.2 Å². The van der Waals surface area contributed by atoms with Gasteiger partial charge in [0.25, 0.3) is 20.1 Å². The Morgan fingerprint density at radius 3 is 1.57 bits per heavy atom. The summed E-state index contributed by atoms with van der Waals surface area (Å²) in [6.07, 6.45) is 0. The predicted molar refractivity (Wildman–Crippen MR) is 141 cm³/mol. The molecule has 0 heterocycles. The molecule has 0 atom stereocenters. The third-order valence-corrected chi connectivity index (χ3v) is 8.96. The van der Waals surface area contributed by atoms with Crippen molar-refractivity contribution in [3.63, 3.8) is 0 Å². The molecule has 0 radical (unpaired) electrons. The van der Waals surface area contributed by atoms with Gasteiger partial charge in [0.05, 0.1) is 21.2 Å². The van der Waals surface area contributed by atoms with Crippen LogP contribution in [0, 0.1) is 13.8 Å². The minimum Gasteiger partial charge on any atom is -0.410 e. The molecular formula is C27H22N2O6S2. The Morgan fingerprint density at radius 2 is 1.11 bits per heavy atom. The Morgan fingerprint density at radius 1 is 0.649 bits per heavy atom. The molecule has 8 nitrogen and oxygen atoms in total. The fraction of sp³-hybridized carbons (Fsp3) is 0.0741. The largest absolute Gasteiger partial charge is 0.410 e. The van der Waals surface area contributed by atoms with Gasteiger partial charge in [-0.3, -0.25) is 4.55 Å². The average molecular weight is 535 g/mol. The summed E-state index contributed by atoms with van der Waals surface area (Å²) in [5.74, 6) is 0. The normalized spacial score (nSPS) is 13.9. The van der Waals surface area contributed by atoms with Crippen LogP contribution in [-0.2, 0) is 20.1 Å². The molecule has 188 valence electrons. The topological polar surface area (TPSA) is 124 Å². The number of anilines is 2. The van der Waals surface area contributed by atoms with E-state index >= 15 is 0 Å². The summed E-state index contributed by atoms with van der Waals surface area (Å²) in [4.78, 5) is -0.403. The second kappa shape index (κ2) is 8.84. The van der Waals surface area contributed by atoms with Gasteiger partial charge in [-0.1, -0.05) is 53.7 Å². The first-order chi connectivity index (χ1) is 17.5. The molecular weight excluding hydrogens is 512 g/mol. The Labute approximate surface area is 214 Å². The number of sulfonamides is 1. The molecule has 37 heavy (non-hydrogen) atoms. The Hall–Kier alpha value is -3.99. The predicted octanol–water partition coefficient (Wildman–Crippen LogP) is 5.28. The SMILES string of the molecule is Cc1ccccc1N(c1ccccc1C)S(=O)(=O)c1ccc2c(c1)/C(=N/O)c1cc(S(=O)(=O)O)ccc1-2. The lowest BCUT2D eigenvalue weighted by Gasteiger charge is -2.27. The Balaban J connectivity index is 1.70. The zero-order chi connectivity index (χ0) is 26.5. The molecule has 0 unspecified atom stereocenters. The number of para-hydroxylation sites is 2. The monoisotopic (exact) mass is 534 g/mol. The number of fused-ring (bicyclic) bond motifs is 3. The van der Waals surface area contributed by atoms with E-state index in [2.05, 4.69) is 5.16 Å². The molecule has 0 saturated heterocycles. The van der Waals surface area contributed by atoms with Gasteiger partial charge in [-0.2, -0.15) is 8.42 Å². The molecule has 1 aliphatic rings. The highest BCUT2D eigenvalue weighted by atomic mass is 32.2. The van der Waals surface area contributed by atoms with E-state index in [1.54, 1.807) is 30.3 Å². The quantitative estimate of drug-likeness (QED) is 0.179. The zero-order valence-electron chi connectivity index (χ0n) is 19.8. The molecule has 0 spiro atoms. The molecule has 4 aromatic carbocycles. The lowest BCUT2D eigenvalue weighted by Crippen LogP contribution is -2.27.